The molecule has 0 aromatic rings. The van der Waals surface area contributed by atoms with Crippen molar-refractivity contribution in [2.45, 2.75) is 31.5 Å². The van der Waals surface area contributed by atoms with Crippen LogP contribution in [0.4, 0.5) is 0 Å². The van der Waals surface area contributed by atoms with Crippen molar-refractivity contribution in [2.75, 3.05) is 0 Å². The number of ether oxygens (including phenoxy) is 1. The van der Waals surface area contributed by atoms with Crippen LogP contribution in [0.25, 0.3) is 0 Å². The van der Waals surface area contributed by atoms with Gasteiger partial charge in [0.25, 0.3) is 0 Å². The van der Waals surface area contributed by atoms with Gasteiger partial charge in [0.05, 0.1) is 12.0 Å². The number of rotatable bonds is 0. The minimum atomic E-state index is -0.369. The second-order valence-electron chi connectivity index (χ2n) is 4.24. The molecule has 1 aliphatic heterocycles. The molecule has 0 spiro atoms. The lowest BCUT2D eigenvalue weighted by molar-refractivity contribution is -0.147. The summed E-state index contributed by atoms with van der Waals surface area (Å²) in [6.45, 7) is 0. The van der Waals surface area contributed by atoms with Gasteiger partial charge in [-0.15, -0.1) is 0 Å². The smallest absolute Gasteiger partial charge is 0.309 e. The molecular formula is C9H12O3. The summed E-state index contributed by atoms with van der Waals surface area (Å²) in [4.78, 5) is 11.3. The highest BCUT2D eigenvalue weighted by atomic mass is 16.6. The quantitative estimate of drug-likeness (QED) is 0.530. The van der Waals surface area contributed by atoms with E-state index in [1.54, 1.807) is 0 Å². The van der Waals surface area contributed by atoms with E-state index >= 15 is 0 Å². The van der Waals surface area contributed by atoms with E-state index in [2.05, 4.69) is 0 Å². The Morgan fingerprint density at radius 2 is 2.25 bits per heavy atom. The maximum Gasteiger partial charge on any atom is 0.309 e. The molecule has 4 aliphatic rings. The zero-order valence-corrected chi connectivity index (χ0v) is 6.77. The molecule has 3 saturated carbocycles. The Kier molecular flexibility index (Phi) is 1.16. The van der Waals surface area contributed by atoms with Crippen LogP contribution in [0.2, 0.25) is 0 Å². The molecular weight excluding hydrogens is 156 g/mol. The molecule has 66 valence electrons. The molecule has 4 bridgehead atoms. The van der Waals surface area contributed by atoms with Crippen molar-refractivity contribution in [3.05, 3.63) is 0 Å². The Morgan fingerprint density at radius 3 is 3.00 bits per heavy atom. The summed E-state index contributed by atoms with van der Waals surface area (Å²) in [7, 11) is 0. The van der Waals surface area contributed by atoms with E-state index in [1.807, 2.05) is 0 Å². The average Bonchev–Trinajstić information content (AvgIpc) is 2.37. The number of aliphatic hydroxyl groups excluding tert-OH is 1. The third kappa shape index (κ3) is 0.637. The van der Waals surface area contributed by atoms with Crippen LogP contribution in [0.15, 0.2) is 0 Å². The zero-order chi connectivity index (χ0) is 8.29. The monoisotopic (exact) mass is 168 g/mol. The summed E-state index contributed by atoms with van der Waals surface area (Å²) in [5.41, 5.74) is 0. The predicted molar refractivity (Wildman–Crippen MR) is 40.2 cm³/mol. The van der Waals surface area contributed by atoms with Crippen LogP contribution in [0.3, 0.4) is 0 Å². The normalized spacial score (nSPS) is 55.8. The third-order valence-electron chi connectivity index (χ3n) is 3.74. The number of hydrogen-bond donors (Lipinski definition) is 1. The molecule has 3 nitrogen and oxygen atoms in total. The summed E-state index contributed by atoms with van der Waals surface area (Å²) in [6, 6.07) is 0. The first-order valence-electron chi connectivity index (χ1n) is 4.66. The Balaban J connectivity index is 2.00. The second kappa shape index (κ2) is 2.02. The summed E-state index contributed by atoms with van der Waals surface area (Å²) >= 11 is 0. The lowest BCUT2D eigenvalue weighted by Crippen LogP contribution is -2.47. The van der Waals surface area contributed by atoms with Crippen molar-refractivity contribution >= 4 is 5.97 Å². The molecule has 12 heavy (non-hydrogen) atoms. The first-order valence-corrected chi connectivity index (χ1v) is 4.66. The van der Waals surface area contributed by atoms with Crippen LogP contribution in [0, 0.1) is 17.8 Å². The average molecular weight is 168 g/mol. The van der Waals surface area contributed by atoms with Crippen molar-refractivity contribution in [1.29, 1.82) is 0 Å². The van der Waals surface area contributed by atoms with E-state index in [-0.39, 0.29) is 24.1 Å². The van der Waals surface area contributed by atoms with Crippen molar-refractivity contribution in [1.82, 2.24) is 0 Å². The van der Waals surface area contributed by atoms with Gasteiger partial charge in [0.15, 0.2) is 0 Å². The van der Waals surface area contributed by atoms with Crippen molar-refractivity contribution < 1.29 is 14.6 Å². The highest BCUT2D eigenvalue weighted by Crippen LogP contribution is 2.50. The highest BCUT2D eigenvalue weighted by molar-refractivity contribution is 5.76. The Labute approximate surface area is 70.7 Å². The number of carbonyl (C=O) groups is 1. The zero-order valence-electron chi connectivity index (χ0n) is 6.77. The minimum absolute atomic E-state index is 0.0637. The summed E-state index contributed by atoms with van der Waals surface area (Å²) in [5.74, 6) is 0.720. The number of carbonyl (C=O) groups excluding carboxylic acids is 1. The molecule has 1 heterocycles. The maximum absolute atomic E-state index is 11.3. The number of esters is 1. The van der Waals surface area contributed by atoms with Gasteiger partial charge >= 0.3 is 5.97 Å². The largest absolute Gasteiger partial charge is 0.459 e. The van der Waals surface area contributed by atoms with Gasteiger partial charge in [-0.1, -0.05) is 0 Å². The molecule has 3 heteroatoms. The number of hydrogen-bond acceptors (Lipinski definition) is 3. The molecule has 1 N–H and O–H groups in total. The molecule has 0 radical (unpaired) electrons. The van der Waals surface area contributed by atoms with Crippen LogP contribution in [0.5, 0.6) is 0 Å². The standard InChI is InChI=1S/C9H12O3/c10-7-4-1-2-5-6(3-4)9(11)12-8(5)7/h4-8,10H,1-3H2/t4-,5+,6-,7-,8-/m0/s1. The van der Waals surface area contributed by atoms with E-state index in [9.17, 15) is 9.90 Å². The fourth-order valence-corrected chi connectivity index (χ4v) is 3.10. The topological polar surface area (TPSA) is 46.5 Å². The van der Waals surface area contributed by atoms with Gasteiger partial charge in [0.1, 0.15) is 6.10 Å². The highest BCUT2D eigenvalue weighted by Gasteiger charge is 2.57. The molecule has 4 fully saturated rings. The summed E-state index contributed by atoms with van der Waals surface area (Å²) in [6.07, 6.45) is 2.49. The summed E-state index contributed by atoms with van der Waals surface area (Å²) in [5, 5.41) is 9.73. The van der Waals surface area contributed by atoms with Crippen molar-refractivity contribution in [2.24, 2.45) is 17.8 Å². The molecule has 0 aromatic carbocycles. The van der Waals surface area contributed by atoms with Gasteiger partial charge < -0.3 is 9.84 Å². The van der Waals surface area contributed by atoms with Gasteiger partial charge in [-0.25, -0.2) is 0 Å². The van der Waals surface area contributed by atoms with Crippen LogP contribution in [-0.2, 0) is 9.53 Å². The Hall–Kier alpha value is -0.570. The molecule has 3 aliphatic carbocycles. The first-order chi connectivity index (χ1) is 5.77. The first kappa shape index (κ1) is 6.89. The maximum atomic E-state index is 11.3. The lowest BCUT2D eigenvalue weighted by atomic mass is 9.63. The second-order valence-corrected chi connectivity index (χ2v) is 4.24. The molecule has 0 amide bonds. The molecule has 0 unspecified atom stereocenters. The molecule has 1 saturated heterocycles. The third-order valence-corrected chi connectivity index (χ3v) is 3.74. The Morgan fingerprint density at radius 1 is 1.42 bits per heavy atom. The van der Waals surface area contributed by atoms with E-state index in [0.29, 0.717) is 11.8 Å². The Bertz CT molecular complexity index is 238. The van der Waals surface area contributed by atoms with Crippen LogP contribution >= 0.6 is 0 Å². The van der Waals surface area contributed by atoms with Gasteiger partial charge in [-0.3, -0.25) is 4.79 Å². The van der Waals surface area contributed by atoms with Gasteiger partial charge in [0, 0.05) is 5.92 Å². The number of aliphatic hydroxyl groups is 1. The summed E-state index contributed by atoms with van der Waals surface area (Å²) < 4.78 is 5.14. The van der Waals surface area contributed by atoms with Crippen LogP contribution < -0.4 is 0 Å². The lowest BCUT2D eigenvalue weighted by Gasteiger charge is -2.41. The molecule has 5 atom stereocenters. The fraction of sp³-hybridized carbons (Fsp3) is 0.889. The van der Waals surface area contributed by atoms with Gasteiger partial charge in [-0.05, 0) is 25.2 Å². The van der Waals surface area contributed by atoms with E-state index in [1.165, 1.54) is 0 Å². The van der Waals surface area contributed by atoms with Crippen molar-refractivity contribution in [3.63, 3.8) is 0 Å². The van der Waals surface area contributed by atoms with Crippen LogP contribution in [-0.4, -0.2) is 23.3 Å². The SMILES string of the molecule is O=C1O[C@@H]2[C@@H](O)[C@H]3CC[C@@H]2[C@@H]1C3. The molecule has 4 rings (SSSR count). The van der Waals surface area contributed by atoms with Gasteiger partial charge in [0.2, 0.25) is 0 Å². The van der Waals surface area contributed by atoms with E-state index in [0.717, 1.165) is 19.3 Å². The van der Waals surface area contributed by atoms with Gasteiger partial charge in [-0.2, -0.15) is 0 Å². The van der Waals surface area contributed by atoms with Crippen LogP contribution in [0.1, 0.15) is 19.3 Å². The molecule has 0 aromatic heterocycles. The fourth-order valence-electron chi connectivity index (χ4n) is 3.10. The predicted octanol–water partition coefficient (Wildman–Crippen LogP) is 0.319. The minimum Gasteiger partial charge on any atom is -0.459 e. The van der Waals surface area contributed by atoms with E-state index < -0.39 is 0 Å². The van der Waals surface area contributed by atoms with Crippen molar-refractivity contribution in [3.8, 4) is 0 Å². The number of fused-ring (bicyclic) bond motifs is 1. The van der Waals surface area contributed by atoms with E-state index in [4.69, 9.17) is 4.74 Å².